The molecule has 0 unspecified atom stereocenters. The summed E-state index contributed by atoms with van der Waals surface area (Å²) in [5.74, 6) is 0. The summed E-state index contributed by atoms with van der Waals surface area (Å²) in [7, 11) is 0. The minimum Gasteiger partial charge on any atom is -0.309 e. The molecule has 0 saturated heterocycles. The molecule has 0 aliphatic carbocycles. The Morgan fingerprint density at radius 2 is 1.84 bits per heavy atom. The third kappa shape index (κ3) is 3.08. The summed E-state index contributed by atoms with van der Waals surface area (Å²) < 4.78 is 3.65. The Morgan fingerprint density at radius 1 is 1.00 bits per heavy atom. The molecule has 5 nitrogen and oxygen atoms in total. The van der Waals surface area contributed by atoms with E-state index in [0.717, 1.165) is 22.2 Å². The summed E-state index contributed by atoms with van der Waals surface area (Å²) >= 11 is 0. The summed E-state index contributed by atoms with van der Waals surface area (Å²) in [5, 5.41) is 5.50. The van der Waals surface area contributed by atoms with Crippen molar-refractivity contribution in [1.29, 1.82) is 0 Å². The van der Waals surface area contributed by atoms with Gasteiger partial charge in [0.2, 0.25) is 0 Å². The summed E-state index contributed by atoms with van der Waals surface area (Å²) in [4.78, 5) is 16.6. The molecule has 0 radical (unpaired) electrons. The standard InChI is InChI=1S/C20H18N4O/c1-15-7-8-20(25)23(12-15)14-18-17-11-22-24(19(17)9-10-21-18)13-16-5-3-2-4-6-16/h2-12H,13-14H2,1H3. The van der Waals surface area contributed by atoms with Crippen LogP contribution < -0.4 is 5.56 Å². The first-order chi connectivity index (χ1) is 12.2. The van der Waals surface area contributed by atoms with E-state index in [1.807, 2.05) is 54.3 Å². The van der Waals surface area contributed by atoms with E-state index in [4.69, 9.17) is 0 Å². The number of benzene rings is 1. The predicted molar refractivity (Wildman–Crippen MR) is 97.6 cm³/mol. The maximum absolute atomic E-state index is 12.1. The largest absolute Gasteiger partial charge is 0.309 e. The predicted octanol–water partition coefficient (Wildman–Crippen LogP) is 3.00. The van der Waals surface area contributed by atoms with Crippen LogP contribution in [-0.2, 0) is 13.1 Å². The highest BCUT2D eigenvalue weighted by Crippen LogP contribution is 2.18. The zero-order valence-electron chi connectivity index (χ0n) is 14.0. The van der Waals surface area contributed by atoms with E-state index in [1.54, 1.807) is 16.8 Å². The van der Waals surface area contributed by atoms with Gasteiger partial charge in [-0.1, -0.05) is 36.4 Å². The molecule has 0 spiro atoms. The second kappa shape index (κ2) is 6.36. The van der Waals surface area contributed by atoms with Crippen molar-refractivity contribution in [2.24, 2.45) is 0 Å². The first-order valence-corrected chi connectivity index (χ1v) is 8.21. The van der Waals surface area contributed by atoms with Crippen molar-refractivity contribution in [1.82, 2.24) is 19.3 Å². The van der Waals surface area contributed by atoms with Gasteiger partial charge in [0.15, 0.2) is 0 Å². The van der Waals surface area contributed by atoms with Crippen LogP contribution in [0.1, 0.15) is 16.8 Å². The number of hydrogen-bond donors (Lipinski definition) is 0. The molecule has 0 saturated carbocycles. The summed E-state index contributed by atoms with van der Waals surface area (Å²) in [6, 6.07) is 15.6. The first kappa shape index (κ1) is 15.3. The second-order valence-corrected chi connectivity index (χ2v) is 6.15. The van der Waals surface area contributed by atoms with E-state index in [0.29, 0.717) is 13.1 Å². The van der Waals surface area contributed by atoms with Gasteiger partial charge in [-0.25, -0.2) is 0 Å². The van der Waals surface area contributed by atoms with Gasteiger partial charge in [0.1, 0.15) is 0 Å². The van der Waals surface area contributed by atoms with Gasteiger partial charge >= 0.3 is 0 Å². The minimum absolute atomic E-state index is 0.0268. The molecule has 25 heavy (non-hydrogen) atoms. The van der Waals surface area contributed by atoms with Crippen molar-refractivity contribution >= 4 is 10.9 Å². The molecule has 0 aliphatic rings. The SMILES string of the molecule is Cc1ccc(=O)n(Cc2nccc3c2cnn3Cc2ccccc2)c1. The van der Waals surface area contributed by atoms with Gasteiger partial charge in [0, 0.05) is 23.8 Å². The van der Waals surface area contributed by atoms with Gasteiger partial charge < -0.3 is 4.57 Å². The van der Waals surface area contributed by atoms with Crippen LogP contribution in [0, 0.1) is 6.92 Å². The van der Waals surface area contributed by atoms with E-state index in [1.165, 1.54) is 5.56 Å². The Hall–Kier alpha value is -3.21. The molecule has 3 aromatic heterocycles. The molecule has 0 bridgehead atoms. The average molecular weight is 330 g/mol. The van der Waals surface area contributed by atoms with Crippen molar-refractivity contribution in [2.45, 2.75) is 20.0 Å². The molecule has 5 heteroatoms. The number of pyridine rings is 2. The topological polar surface area (TPSA) is 52.7 Å². The fourth-order valence-electron chi connectivity index (χ4n) is 3.00. The van der Waals surface area contributed by atoms with Crippen LogP contribution in [0.25, 0.3) is 10.9 Å². The van der Waals surface area contributed by atoms with Crippen LogP contribution in [0.15, 0.2) is 71.9 Å². The van der Waals surface area contributed by atoms with Gasteiger partial charge in [-0.15, -0.1) is 0 Å². The third-order valence-corrected chi connectivity index (χ3v) is 4.28. The Balaban J connectivity index is 1.72. The molecule has 0 fully saturated rings. The van der Waals surface area contributed by atoms with Crippen molar-refractivity contribution < 1.29 is 0 Å². The van der Waals surface area contributed by atoms with E-state index in [-0.39, 0.29) is 5.56 Å². The molecule has 4 aromatic rings. The van der Waals surface area contributed by atoms with Crippen molar-refractivity contribution in [3.8, 4) is 0 Å². The number of aryl methyl sites for hydroxylation is 1. The number of nitrogens with zero attached hydrogens (tertiary/aromatic N) is 4. The van der Waals surface area contributed by atoms with E-state index < -0.39 is 0 Å². The van der Waals surface area contributed by atoms with Crippen molar-refractivity contribution in [3.05, 3.63) is 94.3 Å². The molecule has 1 aromatic carbocycles. The molecular formula is C20H18N4O. The molecule has 0 N–H and O–H groups in total. The maximum Gasteiger partial charge on any atom is 0.250 e. The zero-order chi connectivity index (χ0) is 17.2. The highest BCUT2D eigenvalue weighted by atomic mass is 16.1. The van der Waals surface area contributed by atoms with Gasteiger partial charge in [0.25, 0.3) is 5.56 Å². The second-order valence-electron chi connectivity index (χ2n) is 6.15. The number of fused-ring (bicyclic) bond motifs is 1. The summed E-state index contributed by atoms with van der Waals surface area (Å²) in [6.45, 7) is 3.12. The lowest BCUT2D eigenvalue weighted by molar-refractivity contribution is 0.711. The third-order valence-electron chi connectivity index (χ3n) is 4.28. The first-order valence-electron chi connectivity index (χ1n) is 8.21. The highest BCUT2D eigenvalue weighted by molar-refractivity contribution is 5.80. The molecule has 3 heterocycles. The van der Waals surface area contributed by atoms with Crippen LogP contribution >= 0.6 is 0 Å². The van der Waals surface area contributed by atoms with Crippen molar-refractivity contribution in [2.75, 3.05) is 0 Å². The Morgan fingerprint density at radius 3 is 2.68 bits per heavy atom. The van der Waals surface area contributed by atoms with Crippen LogP contribution in [-0.4, -0.2) is 19.3 Å². The fraction of sp³-hybridized carbons (Fsp3) is 0.150. The van der Waals surface area contributed by atoms with Crippen LogP contribution in [0.2, 0.25) is 0 Å². The molecule has 0 atom stereocenters. The quantitative estimate of drug-likeness (QED) is 0.578. The molecular weight excluding hydrogens is 312 g/mol. The fourth-order valence-corrected chi connectivity index (χ4v) is 3.00. The van der Waals surface area contributed by atoms with Crippen LogP contribution in [0.4, 0.5) is 0 Å². The van der Waals surface area contributed by atoms with E-state index in [2.05, 4.69) is 22.2 Å². The number of hydrogen-bond acceptors (Lipinski definition) is 3. The van der Waals surface area contributed by atoms with Gasteiger partial charge in [-0.05, 0) is 24.1 Å². The van der Waals surface area contributed by atoms with Crippen LogP contribution in [0.3, 0.4) is 0 Å². The summed E-state index contributed by atoms with van der Waals surface area (Å²) in [5.41, 5.74) is 4.09. The normalized spacial score (nSPS) is 11.1. The van der Waals surface area contributed by atoms with Gasteiger partial charge in [-0.2, -0.15) is 5.10 Å². The molecule has 4 rings (SSSR count). The monoisotopic (exact) mass is 330 g/mol. The molecule has 0 amide bonds. The van der Waals surface area contributed by atoms with E-state index in [9.17, 15) is 4.79 Å². The molecule has 124 valence electrons. The maximum atomic E-state index is 12.1. The van der Waals surface area contributed by atoms with Gasteiger partial charge in [0.05, 0.1) is 30.5 Å². The minimum atomic E-state index is -0.0268. The summed E-state index contributed by atoms with van der Waals surface area (Å²) in [6.07, 6.45) is 5.47. The van der Waals surface area contributed by atoms with Gasteiger partial charge in [-0.3, -0.25) is 14.5 Å². The highest BCUT2D eigenvalue weighted by Gasteiger charge is 2.10. The number of aromatic nitrogens is 4. The Kier molecular flexibility index (Phi) is 3.90. The average Bonchev–Trinajstić information content (AvgIpc) is 3.03. The lowest BCUT2D eigenvalue weighted by Crippen LogP contribution is -2.19. The lowest BCUT2D eigenvalue weighted by atomic mass is 10.2. The Labute approximate surface area is 145 Å². The van der Waals surface area contributed by atoms with E-state index >= 15 is 0 Å². The molecule has 0 aliphatic heterocycles. The Bertz CT molecular complexity index is 1080. The van der Waals surface area contributed by atoms with Crippen LogP contribution in [0.5, 0.6) is 0 Å². The smallest absolute Gasteiger partial charge is 0.250 e. The zero-order valence-corrected chi connectivity index (χ0v) is 14.0. The number of rotatable bonds is 4. The lowest BCUT2D eigenvalue weighted by Gasteiger charge is -2.08. The van der Waals surface area contributed by atoms with Crippen molar-refractivity contribution in [3.63, 3.8) is 0 Å².